The molecule has 0 aliphatic rings. The summed E-state index contributed by atoms with van der Waals surface area (Å²) in [4.78, 5) is 8.69. The molecule has 0 amide bonds. The molecule has 0 radical (unpaired) electrons. The molecule has 0 spiro atoms. The number of nitrogens with zero attached hydrogens (tertiary/aromatic N) is 2. The molecule has 2 heterocycles. The summed E-state index contributed by atoms with van der Waals surface area (Å²) in [7, 11) is 0. The van der Waals surface area contributed by atoms with Crippen molar-refractivity contribution in [3.63, 3.8) is 0 Å². The molecule has 0 fully saturated rings. The Balaban J connectivity index is 0.000000853. The second kappa shape index (κ2) is 4.11. The summed E-state index contributed by atoms with van der Waals surface area (Å²) >= 11 is 0. The van der Waals surface area contributed by atoms with Crippen LogP contribution < -0.4 is 0 Å². The number of rotatable bonds is 0. The summed E-state index contributed by atoms with van der Waals surface area (Å²) in [6.07, 6.45) is 3.60. The van der Waals surface area contributed by atoms with E-state index in [1.807, 2.05) is 12.1 Å². The Hall–Kier alpha value is -1.22. The van der Waals surface area contributed by atoms with Gasteiger partial charge in [0, 0.05) is 23.2 Å². The Labute approximate surface area is 103 Å². The zero-order valence-electron chi connectivity index (χ0n) is 7.96. The molecule has 0 saturated heterocycles. The van der Waals surface area contributed by atoms with Crippen LogP contribution in [0.5, 0.6) is 0 Å². The number of hydrogen-bond donors (Lipinski definition) is 0. The maximum atomic E-state index is 4.35. The molecule has 66 valence electrons. The first-order chi connectivity index (χ1) is 6.95. The van der Waals surface area contributed by atoms with Crippen LogP contribution in [0.15, 0.2) is 48.8 Å². The zero-order chi connectivity index (χ0) is 9.38. The Bertz CT molecular complexity index is 553. The molecule has 0 aliphatic heterocycles. The Morgan fingerprint density at radius 1 is 0.667 bits per heavy atom. The van der Waals surface area contributed by atoms with Crippen LogP contribution in [-0.2, 0) is 22.4 Å². The van der Waals surface area contributed by atoms with Crippen molar-refractivity contribution in [1.29, 1.82) is 0 Å². The Morgan fingerprint density at radius 3 is 1.60 bits per heavy atom. The normalized spacial score (nSPS) is 10.1. The van der Waals surface area contributed by atoms with Crippen LogP contribution in [0.3, 0.4) is 0 Å². The van der Waals surface area contributed by atoms with Gasteiger partial charge in [-0.15, -0.1) is 0 Å². The van der Waals surface area contributed by atoms with Crippen LogP contribution in [0.1, 0.15) is 0 Å². The maximum absolute atomic E-state index is 4.35. The third-order valence-electron chi connectivity index (χ3n) is 2.34. The standard InChI is InChI=1S/C12H8N2.Nb/c1-3-9-5-6-10-4-2-8-14-12(10)11(9)13-7-1;/h1-8H;/q;+5. The number of fused-ring (bicyclic) bond motifs is 3. The predicted molar refractivity (Wildman–Crippen MR) is 57.0 cm³/mol. The third-order valence-corrected chi connectivity index (χ3v) is 2.34. The average molecular weight is 273 g/mol. The van der Waals surface area contributed by atoms with E-state index >= 15 is 0 Å². The van der Waals surface area contributed by atoms with Crippen LogP contribution in [0.25, 0.3) is 21.8 Å². The quantitative estimate of drug-likeness (QED) is 0.465. The largest absolute Gasteiger partial charge is 5.00 e. The molecule has 3 heteroatoms. The van der Waals surface area contributed by atoms with Crippen LogP contribution in [0, 0.1) is 0 Å². The van der Waals surface area contributed by atoms with E-state index in [1.165, 1.54) is 0 Å². The molecule has 0 bridgehead atoms. The molecule has 0 unspecified atom stereocenters. The fraction of sp³-hybridized carbons (Fsp3) is 0. The second-order valence-electron chi connectivity index (χ2n) is 3.22. The molecule has 1 aromatic carbocycles. The molecular weight excluding hydrogens is 265 g/mol. The van der Waals surface area contributed by atoms with Crippen LogP contribution >= 0.6 is 0 Å². The van der Waals surface area contributed by atoms with Crippen molar-refractivity contribution in [1.82, 2.24) is 9.97 Å². The minimum atomic E-state index is 0. The summed E-state index contributed by atoms with van der Waals surface area (Å²) in [6, 6.07) is 12.1. The Kier molecular flexibility index (Phi) is 2.82. The van der Waals surface area contributed by atoms with Gasteiger partial charge in [-0.3, -0.25) is 9.97 Å². The van der Waals surface area contributed by atoms with Crippen LogP contribution in [0.2, 0.25) is 0 Å². The van der Waals surface area contributed by atoms with Crippen molar-refractivity contribution in [2.45, 2.75) is 0 Å². The van der Waals surface area contributed by atoms with Crippen molar-refractivity contribution in [3.05, 3.63) is 48.8 Å². The first-order valence-electron chi connectivity index (χ1n) is 4.53. The third kappa shape index (κ3) is 1.67. The molecule has 0 N–H and O–H groups in total. The van der Waals surface area contributed by atoms with E-state index in [1.54, 1.807) is 12.4 Å². The first kappa shape index (κ1) is 10.3. The maximum Gasteiger partial charge on any atom is 5.00 e. The molecule has 0 saturated carbocycles. The topological polar surface area (TPSA) is 25.8 Å². The van der Waals surface area contributed by atoms with E-state index in [-0.39, 0.29) is 22.4 Å². The van der Waals surface area contributed by atoms with Crippen molar-refractivity contribution in [3.8, 4) is 0 Å². The molecule has 15 heavy (non-hydrogen) atoms. The summed E-state index contributed by atoms with van der Waals surface area (Å²) in [5.41, 5.74) is 1.95. The van der Waals surface area contributed by atoms with E-state index in [4.69, 9.17) is 0 Å². The van der Waals surface area contributed by atoms with Crippen molar-refractivity contribution < 1.29 is 22.4 Å². The van der Waals surface area contributed by atoms with Crippen molar-refractivity contribution >= 4 is 21.8 Å². The van der Waals surface area contributed by atoms with E-state index in [2.05, 4.69) is 34.2 Å². The number of hydrogen-bond acceptors (Lipinski definition) is 2. The summed E-state index contributed by atoms with van der Waals surface area (Å²) < 4.78 is 0. The number of aromatic nitrogens is 2. The van der Waals surface area contributed by atoms with Crippen molar-refractivity contribution in [2.75, 3.05) is 0 Å². The monoisotopic (exact) mass is 273 g/mol. The van der Waals surface area contributed by atoms with Crippen LogP contribution in [-0.4, -0.2) is 9.97 Å². The molecule has 3 rings (SSSR count). The van der Waals surface area contributed by atoms with Gasteiger partial charge < -0.3 is 0 Å². The molecule has 2 nitrogen and oxygen atoms in total. The predicted octanol–water partition coefficient (Wildman–Crippen LogP) is 2.78. The van der Waals surface area contributed by atoms with Gasteiger partial charge in [-0.05, 0) is 12.1 Å². The van der Waals surface area contributed by atoms with Gasteiger partial charge in [-0.2, -0.15) is 0 Å². The van der Waals surface area contributed by atoms with Gasteiger partial charge >= 0.3 is 22.4 Å². The summed E-state index contributed by atoms with van der Waals surface area (Å²) in [5.74, 6) is 0. The Morgan fingerprint density at radius 2 is 1.13 bits per heavy atom. The van der Waals surface area contributed by atoms with Gasteiger partial charge in [-0.25, -0.2) is 0 Å². The van der Waals surface area contributed by atoms with E-state index in [9.17, 15) is 0 Å². The second-order valence-corrected chi connectivity index (χ2v) is 3.22. The smallest absolute Gasteiger partial charge is 0.254 e. The minimum Gasteiger partial charge on any atom is -0.254 e. The van der Waals surface area contributed by atoms with Gasteiger partial charge in [0.15, 0.2) is 0 Å². The van der Waals surface area contributed by atoms with Crippen LogP contribution in [0.4, 0.5) is 0 Å². The van der Waals surface area contributed by atoms with E-state index in [0.717, 1.165) is 21.8 Å². The summed E-state index contributed by atoms with van der Waals surface area (Å²) in [6.45, 7) is 0. The summed E-state index contributed by atoms with van der Waals surface area (Å²) in [5, 5.41) is 2.28. The number of pyridine rings is 2. The van der Waals surface area contributed by atoms with E-state index in [0.29, 0.717) is 0 Å². The van der Waals surface area contributed by atoms with Gasteiger partial charge in [0.25, 0.3) is 0 Å². The molecule has 3 aromatic rings. The average Bonchev–Trinajstić information content (AvgIpc) is 2.29. The molecule has 2 aromatic heterocycles. The van der Waals surface area contributed by atoms with Gasteiger partial charge in [0.2, 0.25) is 0 Å². The van der Waals surface area contributed by atoms with E-state index < -0.39 is 0 Å². The SMILES string of the molecule is [Nb+5].c1cnc2c(c1)ccc1cccnc12. The first-order valence-corrected chi connectivity index (χ1v) is 4.53. The van der Waals surface area contributed by atoms with Gasteiger partial charge in [0.05, 0.1) is 11.0 Å². The minimum absolute atomic E-state index is 0. The van der Waals surface area contributed by atoms with Gasteiger partial charge in [-0.1, -0.05) is 24.3 Å². The zero-order valence-corrected chi connectivity index (χ0v) is 10.2. The number of benzene rings is 1. The molecular formula is C12H8N2Nb+5. The molecule has 0 atom stereocenters. The van der Waals surface area contributed by atoms with Crippen molar-refractivity contribution in [2.24, 2.45) is 0 Å². The molecule has 0 aliphatic carbocycles. The fourth-order valence-electron chi connectivity index (χ4n) is 1.68. The van der Waals surface area contributed by atoms with Gasteiger partial charge in [0.1, 0.15) is 0 Å². The fourth-order valence-corrected chi connectivity index (χ4v) is 1.68.